The van der Waals surface area contributed by atoms with Crippen molar-refractivity contribution in [3.05, 3.63) is 17.6 Å². The maximum absolute atomic E-state index is 4.50. The molecule has 0 aromatic carbocycles. The van der Waals surface area contributed by atoms with Gasteiger partial charge in [-0.25, -0.2) is 9.97 Å². The van der Waals surface area contributed by atoms with Gasteiger partial charge < -0.3 is 5.32 Å². The van der Waals surface area contributed by atoms with Gasteiger partial charge in [-0.05, 0) is 57.3 Å². The van der Waals surface area contributed by atoms with Gasteiger partial charge in [0.1, 0.15) is 12.1 Å². The molecule has 0 spiro atoms. The van der Waals surface area contributed by atoms with Crippen LogP contribution in [0, 0.1) is 5.92 Å². The molecule has 1 heterocycles. The van der Waals surface area contributed by atoms with E-state index in [-0.39, 0.29) is 0 Å². The largest absolute Gasteiger partial charge is 0.367 e. The molecule has 3 rings (SSSR count). The third kappa shape index (κ3) is 2.90. The molecule has 2 aliphatic carbocycles. The first-order valence-corrected chi connectivity index (χ1v) is 7.96. The molecule has 3 nitrogen and oxygen atoms in total. The van der Waals surface area contributed by atoms with Gasteiger partial charge in [0, 0.05) is 17.3 Å². The molecule has 1 N–H and O–H groups in total. The number of aryl methyl sites for hydroxylation is 1. The summed E-state index contributed by atoms with van der Waals surface area (Å²) in [6.07, 6.45) is 13.3. The number of aromatic nitrogens is 2. The molecule has 104 valence electrons. The average molecular weight is 259 g/mol. The van der Waals surface area contributed by atoms with Crippen LogP contribution in [-0.4, -0.2) is 16.0 Å². The smallest absolute Gasteiger partial charge is 0.133 e. The predicted octanol–water partition coefficient (Wildman–Crippen LogP) is 3.74. The van der Waals surface area contributed by atoms with E-state index >= 15 is 0 Å². The molecule has 1 saturated carbocycles. The summed E-state index contributed by atoms with van der Waals surface area (Å²) in [7, 11) is 0. The fourth-order valence-corrected chi connectivity index (χ4v) is 3.55. The molecule has 1 aromatic rings. The summed E-state index contributed by atoms with van der Waals surface area (Å²) in [6.45, 7) is 2.32. The van der Waals surface area contributed by atoms with Gasteiger partial charge in [-0.3, -0.25) is 0 Å². The Bertz CT molecular complexity index is 422. The topological polar surface area (TPSA) is 37.8 Å². The van der Waals surface area contributed by atoms with Crippen LogP contribution in [0.3, 0.4) is 0 Å². The van der Waals surface area contributed by atoms with E-state index in [1.807, 2.05) is 0 Å². The standard InChI is InChI=1S/C16H25N3/c1-2-12-7-9-13(10-8-12)19-16-14-5-3-4-6-15(14)17-11-18-16/h11-13H,2-10H2,1H3,(H,17,18,19). The van der Waals surface area contributed by atoms with Crippen molar-refractivity contribution in [1.29, 1.82) is 0 Å². The summed E-state index contributed by atoms with van der Waals surface area (Å²) in [5, 5.41) is 3.70. The summed E-state index contributed by atoms with van der Waals surface area (Å²) >= 11 is 0. The van der Waals surface area contributed by atoms with E-state index in [9.17, 15) is 0 Å². The van der Waals surface area contributed by atoms with Gasteiger partial charge in [0.25, 0.3) is 0 Å². The lowest BCUT2D eigenvalue weighted by molar-refractivity contribution is 0.329. The van der Waals surface area contributed by atoms with Crippen molar-refractivity contribution >= 4 is 5.82 Å². The molecule has 0 amide bonds. The van der Waals surface area contributed by atoms with E-state index in [1.165, 1.54) is 56.2 Å². The van der Waals surface area contributed by atoms with Crippen LogP contribution >= 0.6 is 0 Å². The normalized spacial score (nSPS) is 26.8. The predicted molar refractivity (Wildman–Crippen MR) is 78.3 cm³/mol. The van der Waals surface area contributed by atoms with Crippen LogP contribution in [0.15, 0.2) is 6.33 Å². The molecule has 0 unspecified atom stereocenters. The van der Waals surface area contributed by atoms with Gasteiger partial charge in [0.2, 0.25) is 0 Å². The number of nitrogens with one attached hydrogen (secondary N) is 1. The van der Waals surface area contributed by atoms with Crippen molar-refractivity contribution < 1.29 is 0 Å². The molecule has 1 aromatic heterocycles. The van der Waals surface area contributed by atoms with Crippen LogP contribution in [0.4, 0.5) is 5.82 Å². The highest BCUT2D eigenvalue weighted by molar-refractivity contribution is 5.47. The molecule has 19 heavy (non-hydrogen) atoms. The van der Waals surface area contributed by atoms with E-state index in [2.05, 4.69) is 22.2 Å². The Labute approximate surface area is 116 Å². The quantitative estimate of drug-likeness (QED) is 0.898. The lowest BCUT2D eigenvalue weighted by Gasteiger charge is -2.30. The Morgan fingerprint density at radius 3 is 2.68 bits per heavy atom. The maximum atomic E-state index is 4.50. The molecule has 3 heteroatoms. The van der Waals surface area contributed by atoms with Crippen LogP contribution in [0.25, 0.3) is 0 Å². The summed E-state index contributed by atoms with van der Waals surface area (Å²) in [4.78, 5) is 8.95. The van der Waals surface area contributed by atoms with Gasteiger partial charge in [-0.15, -0.1) is 0 Å². The van der Waals surface area contributed by atoms with Gasteiger partial charge in [-0.1, -0.05) is 13.3 Å². The third-order valence-electron chi connectivity index (χ3n) is 4.89. The first kappa shape index (κ1) is 12.9. The second-order valence-corrected chi connectivity index (χ2v) is 6.12. The van der Waals surface area contributed by atoms with Crippen LogP contribution in [0.1, 0.15) is 63.1 Å². The minimum Gasteiger partial charge on any atom is -0.367 e. The van der Waals surface area contributed by atoms with E-state index in [4.69, 9.17) is 0 Å². The summed E-state index contributed by atoms with van der Waals surface area (Å²) in [6, 6.07) is 0.628. The third-order valence-corrected chi connectivity index (χ3v) is 4.89. The highest BCUT2D eigenvalue weighted by Crippen LogP contribution is 2.30. The van der Waals surface area contributed by atoms with Crippen molar-refractivity contribution in [1.82, 2.24) is 9.97 Å². The molecule has 0 radical (unpaired) electrons. The lowest BCUT2D eigenvalue weighted by Crippen LogP contribution is -2.27. The average Bonchev–Trinajstić information content (AvgIpc) is 2.48. The molecule has 1 fully saturated rings. The second-order valence-electron chi connectivity index (χ2n) is 6.12. The van der Waals surface area contributed by atoms with Crippen molar-refractivity contribution in [3.8, 4) is 0 Å². The molecule has 0 atom stereocenters. The number of anilines is 1. The minimum absolute atomic E-state index is 0.628. The van der Waals surface area contributed by atoms with Gasteiger partial charge >= 0.3 is 0 Å². The van der Waals surface area contributed by atoms with E-state index in [1.54, 1.807) is 6.33 Å². The Kier molecular flexibility index (Phi) is 4.00. The van der Waals surface area contributed by atoms with Gasteiger partial charge in [0.15, 0.2) is 0 Å². The number of fused-ring (bicyclic) bond motifs is 1. The minimum atomic E-state index is 0.628. The zero-order valence-corrected chi connectivity index (χ0v) is 12.0. The first-order chi connectivity index (χ1) is 9.36. The lowest BCUT2D eigenvalue weighted by atomic mass is 9.84. The number of nitrogens with zero attached hydrogens (tertiary/aromatic N) is 2. The highest BCUT2D eigenvalue weighted by atomic mass is 15.0. The zero-order valence-electron chi connectivity index (χ0n) is 12.0. The van der Waals surface area contributed by atoms with Crippen molar-refractivity contribution in [3.63, 3.8) is 0 Å². The monoisotopic (exact) mass is 259 g/mol. The van der Waals surface area contributed by atoms with E-state index < -0.39 is 0 Å². The van der Waals surface area contributed by atoms with Gasteiger partial charge in [0.05, 0.1) is 0 Å². The molecule has 0 bridgehead atoms. The molecular weight excluding hydrogens is 234 g/mol. The van der Waals surface area contributed by atoms with Gasteiger partial charge in [-0.2, -0.15) is 0 Å². The SMILES string of the molecule is CCC1CCC(Nc2ncnc3c2CCCC3)CC1. The van der Waals surface area contributed by atoms with E-state index in [0.29, 0.717) is 6.04 Å². The van der Waals surface area contributed by atoms with Crippen molar-refractivity contribution in [2.75, 3.05) is 5.32 Å². The van der Waals surface area contributed by atoms with Crippen molar-refractivity contribution in [2.45, 2.75) is 70.8 Å². The number of rotatable bonds is 3. The fourth-order valence-electron chi connectivity index (χ4n) is 3.55. The zero-order chi connectivity index (χ0) is 13.1. The number of hydrogen-bond donors (Lipinski definition) is 1. The van der Waals surface area contributed by atoms with Crippen molar-refractivity contribution in [2.24, 2.45) is 5.92 Å². The van der Waals surface area contributed by atoms with Crippen LogP contribution in [0.2, 0.25) is 0 Å². The van der Waals surface area contributed by atoms with Crippen LogP contribution in [0.5, 0.6) is 0 Å². The first-order valence-electron chi connectivity index (χ1n) is 7.96. The molecule has 0 saturated heterocycles. The second kappa shape index (κ2) is 5.89. The molecular formula is C16H25N3. The summed E-state index contributed by atoms with van der Waals surface area (Å²) in [5.41, 5.74) is 2.68. The summed E-state index contributed by atoms with van der Waals surface area (Å²) in [5.74, 6) is 2.09. The van der Waals surface area contributed by atoms with Crippen LogP contribution < -0.4 is 5.32 Å². The Morgan fingerprint density at radius 1 is 1.11 bits per heavy atom. The van der Waals surface area contributed by atoms with E-state index in [0.717, 1.165) is 24.6 Å². The maximum Gasteiger partial charge on any atom is 0.133 e. The summed E-state index contributed by atoms with van der Waals surface area (Å²) < 4.78 is 0. The Morgan fingerprint density at radius 2 is 1.89 bits per heavy atom. The molecule has 0 aliphatic heterocycles. The fraction of sp³-hybridized carbons (Fsp3) is 0.750. The highest BCUT2D eigenvalue weighted by Gasteiger charge is 2.22. The molecule has 2 aliphatic rings. The number of hydrogen-bond acceptors (Lipinski definition) is 3. The van der Waals surface area contributed by atoms with Crippen LogP contribution in [-0.2, 0) is 12.8 Å². The Balaban J connectivity index is 1.67. The Hall–Kier alpha value is -1.12.